The average Bonchev–Trinajstić information content (AvgIpc) is 2.68. The van der Waals surface area contributed by atoms with E-state index in [1.54, 1.807) is 0 Å². The molecule has 8 heteroatoms. The number of methoxy groups -OCH3 is 1. The standard InChI is InChI=1S/C20H24O8/c1-6-20-7-13(28-17(23)10(2)8-21)14(11(3)18(24)26-5)16(22)15(20)12(4)19(25)27-9-20/h6,13-16,21-22H,1-4,7-9H2,5H3/t13-,14+,15?,16-,20+/m0/s1. The first-order chi connectivity index (χ1) is 13.1. The van der Waals surface area contributed by atoms with Crippen molar-refractivity contribution in [3.05, 3.63) is 49.1 Å². The molecule has 1 unspecified atom stereocenters. The fourth-order valence-corrected chi connectivity index (χ4v) is 3.88. The van der Waals surface area contributed by atoms with Gasteiger partial charge in [-0.2, -0.15) is 0 Å². The van der Waals surface area contributed by atoms with Crippen LogP contribution in [-0.4, -0.2) is 60.7 Å². The molecule has 0 aromatic rings. The van der Waals surface area contributed by atoms with Crippen molar-refractivity contribution in [1.82, 2.24) is 0 Å². The Morgan fingerprint density at radius 1 is 1.36 bits per heavy atom. The number of cyclic esters (lactones) is 1. The van der Waals surface area contributed by atoms with E-state index in [2.05, 4.69) is 31.1 Å². The number of esters is 3. The molecule has 152 valence electrons. The SMILES string of the molecule is C=C[C@@]12COC(=O)C(=C)C1[C@@H](O)[C@H](C(=C)C(=O)OC)[C@@H](OC(=O)C(=C)CO)C2. The van der Waals surface area contributed by atoms with Crippen molar-refractivity contribution in [3.63, 3.8) is 0 Å². The zero-order valence-electron chi connectivity index (χ0n) is 15.7. The second kappa shape index (κ2) is 8.12. The van der Waals surface area contributed by atoms with Gasteiger partial charge in [0.05, 0.1) is 31.3 Å². The molecule has 0 aromatic carbocycles. The van der Waals surface area contributed by atoms with E-state index in [1.165, 1.54) is 6.08 Å². The van der Waals surface area contributed by atoms with Crippen LogP contribution in [0.15, 0.2) is 49.1 Å². The van der Waals surface area contributed by atoms with Gasteiger partial charge in [-0.25, -0.2) is 14.4 Å². The molecule has 2 rings (SSSR count). The monoisotopic (exact) mass is 392 g/mol. The van der Waals surface area contributed by atoms with E-state index in [0.717, 1.165) is 7.11 Å². The molecular formula is C20H24O8. The first-order valence-corrected chi connectivity index (χ1v) is 8.57. The maximum absolute atomic E-state index is 12.2. The maximum atomic E-state index is 12.2. The predicted molar refractivity (Wildman–Crippen MR) is 97.6 cm³/mol. The number of rotatable bonds is 6. The summed E-state index contributed by atoms with van der Waals surface area (Å²) in [5.74, 6) is -4.21. The highest BCUT2D eigenvalue weighted by atomic mass is 16.6. The van der Waals surface area contributed by atoms with Gasteiger partial charge in [-0.05, 0) is 6.42 Å². The van der Waals surface area contributed by atoms with Crippen molar-refractivity contribution in [2.75, 3.05) is 20.3 Å². The number of fused-ring (bicyclic) bond motifs is 1. The molecule has 2 N–H and O–H groups in total. The van der Waals surface area contributed by atoms with E-state index in [-0.39, 0.29) is 29.7 Å². The number of hydrogen-bond acceptors (Lipinski definition) is 8. The zero-order valence-corrected chi connectivity index (χ0v) is 15.7. The van der Waals surface area contributed by atoms with Gasteiger partial charge in [0.2, 0.25) is 0 Å². The minimum Gasteiger partial charge on any atom is -0.466 e. The highest BCUT2D eigenvalue weighted by Crippen LogP contribution is 2.52. The molecule has 0 bridgehead atoms. The Labute approximate surface area is 162 Å². The normalized spacial score (nSPS) is 31.8. The van der Waals surface area contributed by atoms with Crippen molar-refractivity contribution in [2.45, 2.75) is 18.6 Å². The fourth-order valence-electron chi connectivity index (χ4n) is 3.88. The quantitative estimate of drug-likeness (QED) is 0.290. The molecule has 1 aliphatic heterocycles. The molecule has 0 spiro atoms. The average molecular weight is 392 g/mol. The van der Waals surface area contributed by atoms with Gasteiger partial charge in [-0.3, -0.25) is 0 Å². The molecule has 1 aliphatic carbocycles. The molecule has 2 aliphatic rings. The Bertz CT molecular complexity index is 751. The molecule has 8 nitrogen and oxygen atoms in total. The number of aliphatic hydroxyl groups excluding tert-OH is 2. The lowest BCUT2D eigenvalue weighted by Crippen LogP contribution is -2.59. The van der Waals surface area contributed by atoms with Crippen LogP contribution in [0.4, 0.5) is 0 Å². The summed E-state index contributed by atoms with van der Waals surface area (Å²) in [6.07, 6.45) is -0.775. The zero-order chi connectivity index (χ0) is 21.2. The molecular weight excluding hydrogens is 368 g/mol. The summed E-state index contributed by atoms with van der Waals surface area (Å²) in [6.45, 7) is 13.9. The van der Waals surface area contributed by atoms with E-state index >= 15 is 0 Å². The van der Waals surface area contributed by atoms with Crippen LogP contribution in [0.2, 0.25) is 0 Å². The highest BCUT2D eigenvalue weighted by molar-refractivity contribution is 5.91. The van der Waals surface area contributed by atoms with Gasteiger partial charge in [0.15, 0.2) is 0 Å². The second-order valence-corrected chi connectivity index (χ2v) is 6.96. The Balaban J connectivity index is 2.50. The van der Waals surface area contributed by atoms with E-state index in [9.17, 15) is 19.5 Å². The lowest BCUT2D eigenvalue weighted by atomic mass is 9.57. The van der Waals surface area contributed by atoms with Gasteiger partial charge in [-0.15, -0.1) is 6.58 Å². The predicted octanol–water partition coefficient (Wildman–Crippen LogP) is 0.458. The number of ether oxygens (including phenoxy) is 3. The van der Waals surface area contributed by atoms with Crippen molar-refractivity contribution in [3.8, 4) is 0 Å². The first kappa shape index (κ1) is 21.6. The van der Waals surface area contributed by atoms with E-state index in [1.807, 2.05) is 0 Å². The van der Waals surface area contributed by atoms with Crippen molar-refractivity contribution in [2.24, 2.45) is 17.3 Å². The van der Waals surface area contributed by atoms with E-state index in [4.69, 9.17) is 14.6 Å². The number of carbonyl (C=O) groups excluding carboxylic acids is 3. The van der Waals surface area contributed by atoms with E-state index < -0.39 is 54.0 Å². The molecule has 28 heavy (non-hydrogen) atoms. The van der Waals surface area contributed by atoms with Gasteiger partial charge in [0.1, 0.15) is 12.7 Å². The smallest absolute Gasteiger partial charge is 0.336 e. The third-order valence-corrected chi connectivity index (χ3v) is 5.41. The molecule has 2 fully saturated rings. The Hall–Kier alpha value is -2.71. The molecule has 5 atom stereocenters. The Morgan fingerprint density at radius 3 is 2.54 bits per heavy atom. The highest BCUT2D eigenvalue weighted by Gasteiger charge is 2.58. The summed E-state index contributed by atoms with van der Waals surface area (Å²) in [5.41, 5.74) is -1.23. The molecule has 1 saturated heterocycles. The van der Waals surface area contributed by atoms with Gasteiger partial charge >= 0.3 is 17.9 Å². The van der Waals surface area contributed by atoms with Gasteiger partial charge in [-0.1, -0.05) is 25.8 Å². The molecule has 0 aromatic heterocycles. The van der Waals surface area contributed by atoms with Gasteiger partial charge in [0.25, 0.3) is 0 Å². The minimum absolute atomic E-state index is 0.0332. The lowest BCUT2D eigenvalue weighted by molar-refractivity contribution is -0.177. The van der Waals surface area contributed by atoms with Crippen LogP contribution in [0.25, 0.3) is 0 Å². The van der Waals surface area contributed by atoms with Gasteiger partial charge < -0.3 is 24.4 Å². The van der Waals surface area contributed by atoms with E-state index in [0.29, 0.717) is 0 Å². The molecule has 1 saturated carbocycles. The second-order valence-electron chi connectivity index (χ2n) is 6.96. The fraction of sp³-hybridized carbons (Fsp3) is 0.450. The summed E-state index contributed by atoms with van der Waals surface area (Å²) < 4.78 is 15.3. The lowest BCUT2D eigenvalue weighted by Gasteiger charge is -2.52. The molecule has 0 radical (unpaired) electrons. The summed E-state index contributed by atoms with van der Waals surface area (Å²) >= 11 is 0. The number of carbonyl (C=O) groups is 3. The van der Waals surface area contributed by atoms with Crippen molar-refractivity contribution in [1.29, 1.82) is 0 Å². The van der Waals surface area contributed by atoms with Crippen LogP contribution in [0.1, 0.15) is 6.42 Å². The summed E-state index contributed by atoms with van der Waals surface area (Å²) in [6, 6.07) is 0. The van der Waals surface area contributed by atoms with Crippen LogP contribution >= 0.6 is 0 Å². The topological polar surface area (TPSA) is 119 Å². The van der Waals surface area contributed by atoms with Gasteiger partial charge in [0, 0.05) is 22.5 Å². The van der Waals surface area contributed by atoms with Crippen LogP contribution < -0.4 is 0 Å². The summed E-state index contributed by atoms with van der Waals surface area (Å²) in [5, 5.41) is 20.2. The minimum atomic E-state index is -1.35. The molecule has 0 amide bonds. The third-order valence-electron chi connectivity index (χ3n) is 5.41. The van der Waals surface area contributed by atoms with Crippen LogP contribution in [0.5, 0.6) is 0 Å². The summed E-state index contributed by atoms with van der Waals surface area (Å²) in [7, 11) is 1.16. The number of hydrogen-bond donors (Lipinski definition) is 2. The summed E-state index contributed by atoms with van der Waals surface area (Å²) in [4.78, 5) is 36.3. The largest absolute Gasteiger partial charge is 0.466 e. The van der Waals surface area contributed by atoms with Crippen LogP contribution in [0.3, 0.4) is 0 Å². The maximum Gasteiger partial charge on any atom is 0.336 e. The van der Waals surface area contributed by atoms with Crippen molar-refractivity contribution >= 4 is 17.9 Å². The van der Waals surface area contributed by atoms with Crippen LogP contribution in [-0.2, 0) is 28.6 Å². The van der Waals surface area contributed by atoms with Crippen molar-refractivity contribution < 1.29 is 38.8 Å². The Kier molecular flexibility index (Phi) is 6.26. The first-order valence-electron chi connectivity index (χ1n) is 8.57. The molecule has 1 heterocycles. The Morgan fingerprint density at radius 2 is 2.00 bits per heavy atom. The third kappa shape index (κ3) is 3.53. The van der Waals surface area contributed by atoms with Crippen LogP contribution in [0, 0.1) is 17.3 Å². The number of aliphatic hydroxyl groups is 2.